The first-order valence-corrected chi connectivity index (χ1v) is 10.7. The fourth-order valence-corrected chi connectivity index (χ4v) is 3.78. The molecule has 3 aromatic rings. The second kappa shape index (κ2) is 9.66. The lowest BCUT2D eigenvalue weighted by Crippen LogP contribution is -2.49. The van der Waals surface area contributed by atoms with E-state index in [9.17, 15) is 9.59 Å². The van der Waals surface area contributed by atoms with Crippen molar-refractivity contribution in [3.63, 3.8) is 0 Å². The highest BCUT2D eigenvalue weighted by atomic mass is 35.5. The number of halogens is 1. The van der Waals surface area contributed by atoms with Gasteiger partial charge in [-0.1, -0.05) is 72.3 Å². The lowest BCUT2D eigenvalue weighted by atomic mass is 10.0. The summed E-state index contributed by atoms with van der Waals surface area (Å²) in [5.74, 6) is -0.335. The molecular weight excluding hydrogens is 424 g/mol. The number of urea groups is 1. The Morgan fingerprint density at radius 2 is 1.72 bits per heavy atom. The van der Waals surface area contributed by atoms with Gasteiger partial charge in [0.2, 0.25) is 6.17 Å². The number of rotatable bonds is 5. The Bertz CT molecular complexity index is 1150. The molecule has 6 nitrogen and oxygen atoms in total. The van der Waals surface area contributed by atoms with Gasteiger partial charge in [-0.05, 0) is 30.2 Å². The lowest BCUT2D eigenvalue weighted by Gasteiger charge is -2.21. The van der Waals surface area contributed by atoms with Gasteiger partial charge in [-0.15, -0.1) is 0 Å². The van der Waals surface area contributed by atoms with E-state index in [0.29, 0.717) is 29.4 Å². The van der Waals surface area contributed by atoms with Gasteiger partial charge in [0.25, 0.3) is 5.91 Å². The highest BCUT2D eigenvalue weighted by Crippen LogP contribution is 2.29. The Kier molecular flexibility index (Phi) is 6.52. The van der Waals surface area contributed by atoms with Gasteiger partial charge in [-0.3, -0.25) is 4.79 Å². The van der Waals surface area contributed by atoms with Gasteiger partial charge in [0.1, 0.15) is 0 Å². The Morgan fingerprint density at radius 3 is 2.44 bits per heavy atom. The molecule has 0 bridgehead atoms. The van der Waals surface area contributed by atoms with E-state index in [1.807, 2.05) is 60.7 Å². The molecule has 3 aromatic carbocycles. The topological polar surface area (TPSA) is 73.8 Å². The van der Waals surface area contributed by atoms with E-state index in [1.165, 1.54) is 4.90 Å². The first-order chi connectivity index (χ1) is 15.5. The van der Waals surface area contributed by atoms with E-state index >= 15 is 0 Å². The van der Waals surface area contributed by atoms with Crippen LogP contribution in [0.15, 0.2) is 83.9 Å². The molecule has 4 rings (SSSR count). The van der Waals surface area contributed by atoms with Crippen LogP contribution in [0.3, 0.4) is 0 Å². The number of hydrogen-bond donors (Lipinski definition) is 2. The fraction of sp³-hybridized carbons (Fsp3) is 0.160. The molecular formula is C25H23ClN4O2. The molecule has 0 spiro atoms. The molecule has 1 aliphatic heterocycles. The lowest BCUT2D eigenvalue weighted by molar-refractivity contribution is -0.119. The number of aliphatic imine (C=N–C) groups is 1. The van der Waals surface area contributed by atoms with Crippen LogP contribution in [0.2, 0.25) is 5.02 Å². The first-order valence-electron chi connectivity index (χ1n) is 10.3. The van der Waals surface area contributed by atoms with E-state index in [1.54, 1.807) is 25.2 Å². The van der Waals surface area contributed by atoms with Crippen LogP contribution in [0.4, 0.5) is 10.5 Å². The van der Waals surface area contributed by atoms with Gasteiger partial charge in [-0.25, -0.2) is 9.79 Å². The molecule has 32 heavy (non-hydrogen) atoms. The Hall–Kier alpha value is -3.64. The molecule has 2 N–H and O–H groups in total. The summed E-state index contributed by atoms with van der Waals surface area (Å²) in [6.07, 6.45) is -0.381. The Labute approximate surface area is 191 Å². The van der Waals surface area contributed by atoms with E-state index in [2.05, 4.69) is 15.6 Å². The van der Waals surface area contributed by atoms with E-state index in [0.717, 1.165) is 16.7 Å². The minimum absolute atomic E-state index is 0.335. The zero-order valence-electron chi connectivity index (χ0n) is 17.6. The average Bonchev–Trinajstić information content (AvgIpc) is 2.91. The van der Waals surface area contributed by atoms with Crippen molar-refractivity contribution in [3.05, 3.63) is 101 Å². The summed E-state index contributed by atoms with van der Waals surface area (Å²) in [5, 5.41) is 6.06. The van der Waals surface area contributed by atoms with Crippen LogP contribution >= 0.6 is 11.6 Å². The number of fused-ring (bicyclic) bond motifs is 1. The number of benzodiazepines with no additional fused rings is 1. The maximum Gasteiger partial charge on any atom is 0.316 e. The number of carbonyl (C=O) groups is 2. The molecule has 7 heteroatoms. The van der Waals surface area contributed by atoms with Crippen molar-refractivity contribution >= 4 is 34.9 Å². The Balaban J connectivity index is 1.58. The maximum atomic E-state index is 13.1. The minimum Gasteiger partial charge on any atom is -0.338 e. The van der Waals surface area contributed by atoms with Crippen molar-refractivity contribution in [3.8, 4) is 0 Å². The van der Waals surface area contributed by atoms with Gasteiger partial charge < -0.3 is 15.5 Å². The SMILES string of the molecule is CN1C(=O)C(NC(=O)NCCc2ccccc2)N=C(c2ccccc2)c2cc(Cl)ccc21. The van der Waals surface area contributed by atoms with Crippen molar-refractivity contribution in [2.24, 2.45) is 4.99 Å². The molecule has 162 valence electrons. The summed E-state index contributed by atoms with van der Waals surface area (Å²) in [7, 11) is 1.67. The van der Waals surface area contributed by atoms with E-state index in [-0.39, 0.29) is 5.91 Å². The number of amides is 3. The zero-order valence-corrected chi connectivity index (χ0v) is 18.3. The van der Waals surface area contributed by atoms with Crippen molar-refractivity contribution in [2.45, 2.75) is 12.6 Å². The van der Waals surface area contributed by atoms with Gasteiger partial charge in [0, 0.05) is 29.7 Å². The van der Waals surface area contributed by atoms with Crippen LogP contribution in [0.25, 0.3) is 0 Å². The van der Waals surface area contributed by atoms with Crippen LogP contribution in [0, 0.1) is 0 Å². The molecule has 1 heterocycles. The summed E-state index contributed by atoms with van der Waals surface area (Å²) in [6, 6.07) is 24.3. The molecule has 3 amide bonds. The monoisotopic (exact) mass is 446 g/mol. The van der Waals surface area contributed by atoms with Crippen molar-refractivity contribution in [1.82, 2.24) is 10.6 Å². The molecule has 0 saturated heterocycles. The summed E-state index contributed by atoms with van der Waals surface area (Å²) in [4.78, 5) is 31.9. The summed E-state index contributed by atoms with van der Waals surface area (Å²) in [6.45, 7) is 0.442. The number of likely N-dealkylation sites (N-methyl/N-ethyl adjacent to an activating group) is 1. The molecule has 1 aliphatic rings. The van der Waals surface area contributed by atoms with E-state index in [4.69, 9.17) is 11.6 Å². The molecule has 0 fully saturated rings. The quantitative estimate of drug-likeness (QED) is 0.621. The van der Waals surface area contributed by atoms with Crippen LogP contribution in [0.5, 0.6) is 0 Å². The van der Waals surface area contributed by atoms with Crippen LogP contribution in [-0.2, 0) is 11.2 Å². The van der Waals surface area contributed by atoms with Gasteiger partial charge in [0.05, 0.1) is 11.4 Å². The summed E-state index contributed by atoms with van der Waals surface area (Å²) >= 11 is 6.26. The van der Waals surface area contributed by atoms with Crippen LogP contribution in [-0.4, -0.2) is 37.4 Å². The molecule has 0 aliphatic carbocycles. The third-order valence-electron chi connectivity index (χ3n) is 5.25. The highest BCUT2D eigenvalue weighted by molar-refractivity contribution is 6.32. The van der Waals surface area contributed by atoms with Gasteiger partial charge >= 0.3 is 6.03 Å². The van der Waals surface area contributed by atoms with Crippen molar-refractivity contribution < 1.29 is 9.59 Å². The summed E-state index contributed by atoms with van der Waals surface area (Å²) in [5.41, 5.74) is 3.95. The number of hydrogen-bond acceptors (Lipinski definition) is 3. The molecule has 0 aromatic heterocycles. The smallest absolute Gasteiger partial charge is 0.316 e. The number of carbonyl (C=O) groups excluding carboxylic acids is 2. The first kappa shape index (κ1) is 21.6. The third-order valence-corrected chi connectivity index (χ3v) is 5.49. The number of nitrogens with zero attached hydrogens (tertiary/aromatic N) is 2. The highest BCUT2D eigenvalue weighted by Gasteiger charge is 2.31. The van der Waals surface area contributed by atoms with Crippen molar-refractivity contribution in [1.29, 1.82) is 0 Å². The summed E-state index contributed by atoms with van der Waals surface area (Å²) < 4.78 is 0. The Morgan fingerprint density at radius 1 is 1.03 bits per heavy atom. The number of nitrogens with one attached hydrogen (secondary N) is 2. The normalized spacial score (nSPS) is 15.4. The second-order valence-corrected chi connectivity index (χ2v) is 7.88. The molecule has 1 atom stereocenters. The van der Waals surface area contributed by atoms with Crippen molar-refractivity contribution in [2.75, 3.05) is 18.5 Å². The van der Waals surface area contributed by atoms with Gasteiger partial charge in [0.15, 0.2) is 0 Å². The predicted molar refractivity (Wildman–Crippen MR) is 127 cm³/mol. The second-order valence-electron chi connectivity index (χ2n) is 7.44. The minimum atomic E-state index is -1.07. The predicted octanol–water partition coefficient (Wildman–Crippen LogP) is 4.02. The van der Waals surface area contributed by atoms with Crippen LogP contribution in [0.1, 0.15) is 16.7 Å². The molecule has 0 saturated carbocycles. The number of anilines is 1. The molecule has 1 unspecified atom stereocenters. The number of benzene rings is 3. The molecule has 0 radical (unpaired) electrons. The standard InChI is InChI=1S/C25H23ClN4O2/c1-30-21-13-12-19(26)16-20(21)22(18-10-6-3-7-11-18)28-23(24(30)31)29-25(32)27-15-14-17-8-4-2-5-9-17/h2-13,16,23H,14-15H2,1H3,(H2,27,29,32). The maximum absolute atomic E-state index is 13.1. The largest absolute Gasteiger partial charge is 0.338 e. The fourth-order valence-electron chi connectivity index (χ4n) is 3.61. The average molecular weight is 447 g/mol. The third kappa shape index (κ3) is 4.81. The van der Waals surface area contributed by atoms with Crippen LogP contribution < -0.4 is 15.5 Å². The zero-order chi connectivity index (χ0) is 22.5. The van der Waals surface area contributed by atoms with Gasteiger partial charge in [-0.2, -0.15) is 0 Å². The van der Waals surface area contributed by atoms with E-state index < -0.39 is 12.2 Å².